The van der Waals surface area contributed by atoms with Crippen molar-refractivity contribution in [2.45, 2.75) is 25.4 Å². The van der Waals surface area contributed by atoms with E-state index >= 15 is 0 Å². The van der Waals surface area contributed by atoms with Crippen LogP contribution in [0.4, 0.5) is 5.69 Å². The number of rotatable bonds is 5. The summed E-state index contributed by atoms with van der Waals surface area (Å²) in [6, 6.07) is 12.2. The molecule has 1 heterocycles. The first-order chi connectivity index (χ1) is 12.0. The molecule has 0 saturated carbocycles. The lowest BCUT2D eigenvalue weighted by Crippen LogP contribution is -2.21. The molecule has 0 aliphatic carbocycles. The Bertz CT molecular complexity index is 730. The number of ether oxygens (including phenoxy) is 1. The Morgan fingerprint density at radius 3 is 2.28 bits per heavy atom. The summed E-state index contributed by atoms with van der Waals surface area (Å²) in [5, 5.41) is 2.96. The molecule has 0 unspecified atom stereocenters. The van der Waals surface area contributed by atoms with E-state index in [2.05, 4.69) is 36.5 Å². The van der Waals surface area contributed by atoms with E-state index in [1.807, 2.05) is 49.5 Å². The van der Waals surface area contributed by atoms with Crippen molar-refractivity contribution in [1.29, 1.82) is 0 Å². The number of amides is 1. The predicted octanol–water partition coefficient (Wildman–Crippen LogP) is 5.11. The summed E-state index contributed by atoms with van der Waals surface area (Å²) < 4.78 is 6.17. The molecule has 1 aliphatic heterocycles. The number of carbonyl (C=O) groups excluding carboxylic acids is 1. The van der Waals surface area contributed by atoms with Gasteiger partial charge in [0.1, 0.15) is 5.75 Å². The van der Waals surface area contributed by atoms with Gasteiger partial charge in [0.05, 0.1) is 4.58 Å². The summed E-state index contributed by atoms with van der Waals surface area (Å²) in [4.78, 5) is 12.2. The maximum absolute atomic E-state index is 12.2. The van der Waals surface area contributed by atoms with Crippen molar-refractivity contribution in [3.63, 3.8) is 0 Å². The number of anilines is 1. The van der Waals surface area contributed by atoms with Gasteiger partial charge in [0.2, 0.25) is 0 Å². The first-order valence-electron chi connectivity index (χ1n) is 8.36. The summed E-state index contributed by atoms with van der Waals surface area (Å²) in [5.74, 6) is 3.02. The Morgan fingerprint density at radius 2 is 1.68 bits per heavy atom. The molecule has 5 heteroatoms. The third kappa shape index (κ3) is 4.73. The van der Waals surface area contributed by atoms with E-state index in [1.54, 1.807) is 0 Å². The molecule has 0 bridgehead atoms. The lowest BCUT2D eigenvalue weighted by atomic mass is 10.1. The van der Waals surface area contributed by atoms with Crippen LogP contribution in [0.25, 0.3) is 0 Å². The van der Waals surface area contributed by atoms with E-state index in [1.165, 1.54) is 22.6 Å². The Labute approximate surface area is 157 Å². The van der Waals surface area contributed by atoms with Gasteiger partial charge in [0.15, 0.2) is 6.61 Å². The molecule has 1 fully saturated rings. The molecule has 25 heavy (non-hydrogen) atoms. The van der Waals surface area contributed by atoms with Gasteiger partial charge in [-0.25, -0.2) is 0 Å². The smallest absolute Gasteiger partial charge is 0.262 e. The lowest BCUT2D eigenvalue weighted by molar-refractivity contribution is -0.118. The van der Waals surface area contributed by atoms with E-state index in [-0.39, 0.29) is 12.5 Å². The van der Waals surface area contributed by atoms with Gasteiger partial charge >= 0.3 is 0 Å². The van der Waals surface area contributed by atoms with Crippen LogP contribution in [0.1, 0.15) is 26.8 Å². The number of carbonyl (C=O) groups is 1. The number of thioether (sulfide) groups is 2. The molecule has 1 aliphatic rings. The minimum absolute atomic E-state index is 0.0129. The van der Waals surface area contributed by atoms with Crippen LogP contribution in [0, 0.1) is 20.8 Å². The normalized spacial score (nSPS) is 14.5. The Kier molecular flexibility index (Phi) is 5.97. The highest BCUT2D eigenvalue weighted by Crippen LogP contribution is 2.45. The highest BCUT2D eigenvalue weighted by Gasteiger charge is 2.18. The van der Waals surface area contributed by atoms with Crippen molar-refractivity contribution in [3.05, 3.63) is 58.7 Å². The van der Waals surface area contributed by atoms with Gasteiger partial charge in [-0.1, -0.05) is 29.8 Å². The second-order valence-electron chi connectivity index (χ2n) is 6.25. The molecule has 0 aromatic heterocycles. The largest absolute Gasteiger partial charge is 0.484 e. The van der Waals surface area contributed by atoms with Crippen LogP contribution in [0.15, 0.2) is 36.4 Å². The van der Waals surface area contributed by atoms with Crippen LogP contribution in [0.2, 0.25) is 0 Å². The Hall–Kier alpha value is -1.59. The van der Waals surface area contributed by atoms with Crippen LogP contribution in [0.5, 0.6) is 5.75 Å². The quantitative estimate of drug-likeness (QED) is 0.790. The molecule has 132 valence electrons. The maximum Gasteiger partial charge on any atom is 0.262 e. The highest BCUT2D eigenvalue weighted by atomic mass is 32.2. The molecule has 0 spiro atoms. The molecular weight excluding hydrogens is 350 g/mol. The summed E-state index contributed by atoms with van der Waals surface area (Å²) in [7, 11) is 0. The first kappa shape index (κ1) is 18.2. The summed E-state index contributed by atoms with van der Waals surface area (Å²) in [5.41, 5.74) is 5.53. The van der Waals surface area contributed by atoms with Gasteiger partial charge in [-0.2, -0.15) is 0 Å². The Morgan fingerprint density at radius 1 is 1.08 bits per heavy atom. The molecule has 0 radical (unpaired) electrons. The van der Waals surface area contributed by atoms with E-state index in [0.29, 0.717) is 4.58 Å². The molecule has 1 N–H and O–H groups in total. The second kappa shape index (κ2) is 8.19. The van der Waals surface area contributed by atoms with Crippen molar-refractivity contribution in [1.82, 2.24) is 0 Å². The average Bonchev–Trinajstić information content (AvgIpc) is 3.11. The number of hydrogen-bond acceptors (Lipinski definition) is 4. The minimum atomic E-state index is -0.138. The van der Waals surface area contributed by atoms with Crippen LogP contribution in [-0.2, 0) is 4.79 Å². The SMILES string of the molecule is Cc1cc(C)c(NC(=O)COc2ccc(C3SCCS3)cc2)c(C)c1. The fourth-order valence-electron chi connectivity index (χ4n) is 2.97. The van der Waals surface area contributed by atoms with E-state index < -0.39 is 0 Å². The number of nitrogens with one attached hydrogen (secondary N) is 1. The summed E-state index contributed by atoms with van der Waals surface area (Å²) >= 11 is 3.96. The van der Waals surface area contributed by atoms with E-state index in [4.69, 9.17) is 4.74 Å². The highest BCUT2D eigenvalue weighted by molar-refractivity contribution is 8.19. The topological polar surface area (TPSA) is 38.3 Å². The summed E-state index contributed by atoms with van der Waals surface area (Å²) in [6.45, 7) is 6.09. The minimum Gasteiger partial charge on any atom is -0.484 e. The van der Waals surface area contributed by atoms with Crippen molar-refractivity contribution >= 4 is 35.1 Å². The van der Waals surface area contributed by atoms with E-state index in [9.17, 15) is 4.79 Å². The number of benzene rings is 2. The van der Waals surface area contributed by atoms with Crippen LogP contribution in [-0.4, -0.2) is 24.0 Å². The fourth-order valence-corrected chi connectivity index (χ4v) is 5.83. The zero-order chi connectivity index (χ0) is 17.8. The predicted molar refractivity (Wildman–Crippen MR) is 109 cm³/mol. The average molecular weight is 374 g/mol. The van der Waals surface area contributed by atoms with Gasteiger partial charge < -0.3 is 10.1 Å². The van der Waals surface area contributed by atoms with E-state index in [0.717, 1.165) is 22.6 Å². The lowest BCUT2D eigenvalue weighted by Gasteiger charge is -2.14. The zero-order valence-electron chi connectivity index (χ0n) is 14.8. The number of hydrogen-bond donors (Lipinski definition) is 1. The molecule has 2 aromatic rings. The van der Waals surface area contributed by atoms with Crippen molar-refractivity contribution in [2.24, 2.45) is 0 Å². The molecule has 2 aromatic carbocycles. The zero-order valence-corrected chi connectivity index (χ0v) is 16.4. The number of aryl methyl sites for hydroxylation is 3. The fraction of sp³-hybridized carbons (Fsp3) is 0.350. The van der Waals surface area contributed by atoms with Crippen molar-refractivity contribution < 1.29 is 9.53 Å². The third-order valence-corrected chi connectivity index (χ3v) is 7.19. The van der Waals surface area contributed by atoms with Gasteiger partial charge in [-0.3, -0.25) is 4.79 Å². The van der Waals surface area contributed by atoms with Gasteiger partial charge in [-0.15, -0.1) is 23.5 Å². The molecule has 3 nitrogen and oxygen atoms in total. The van der Waals surface area contributed by atoms with Crippen LogP contribution < -0.4 is 10.1 Å². The second-order valence-corrected chi connectivity index (χ2v) is 8.98. The Balaban J connectivity index is 1.55. The van der Waals surface area contributed by atoms with Crippen LogP contribution >= 0.6 is 23.5 Å². The van der Waals surface area contributed by atoms with Crippen LogP contribution in [0.3, 0.4) is 0 Å². The molecule has 1 saturated heterocycles. The van der Waals surface area contributed by atoms with Gasteiger partial charge in [-0.05, 0) is 49.6 Å². The van der Waals surface area contributed by atoms with Gasteiger partial charge in [0.25, 0.3) is 5.91 Å². The summed E-state index contributed by atoms with van der Waals surface area (Å²) in [6.07, 6.45) is 0. The molecule has 3 rings (SSSR count). The molecule has 0 atom stereocenters. The molecule has 1 amide bonds. The first-order valence-corrected chi connectivity index (χ1v) is 10.5. The maximum atomic E-state index is 12.2. The third-order valence-electron chi connectivity index (χ3n) is 4.09. The standard InChI is InChI=1S/C20H23NO2S2/c1-13-10-14(2)19(15(3)11-13)21-18(22)12-23-17-6-4-16(5-7-17)20-24-8-9-25-20/h4-7,10-11,20H,8-9,12H2,1-3H3,(H,21,22). The monoisotopic (exact) mass is 373 g/mol. The van der Waals surface area contributed by atoms with Crippen molar-refractivity contribution in [2.75, 3.05) is 23.4 Å². The van der Waals surface area contributed by atoms with Crippen molar-refractivity contribution in [3.8, 4) is 5.75 Å². The van der Waals surface area contributed by atoms with Gasteiger partial charge in [0, 0.05) is 17.2 Å². The molecular formula is C20H23NO2S2.